The number of aliphatic hydroxyl groups excluding tert-OH is 1. The smallest absolute Gasteiger partial charge is 0.339 e. The molecule has 6 nitrogen and oxygen atoms in total. The van der Waals surface area contributed by atoms with Gasteiger partial charge in [-0.05, 0) is 49.7 Å². The van der Waals surface area contributed by atoms with E-state index in [1.165, 1.54) is 6.08 Å². The number of halogens is 2. The highest BCUT2D eigenvalue weighted by molar-refractivity contribution is 5.92. The highest BCUT2D eigenvalue weighted by Crippen LogP contribution is 2.72. The summed E-state index contributed by atoms with van der Waals surface area (Å²) in [4.78, 5) is 24.6. The average Bonchev–Trinajstić information content (AvgIpc) is 3.19. The Morgan fingerprint density at radius 2 is 2.00 bits per heavy atom. The minimum absolute atomic E-state index is 0.104. The minimum atomic E-state index is -2.16. The number of carboxylic acid groups (broad SMARTS) is 1. The van der Waals surface area contributed by atoms with Gasteiger partial charge in [0.05, 0.1) is 6.10 Å². The first-order valence-corrected chi connectivity index (χ1v) is 11.8. The summed E-state index contributed by atoms with van der Waals surface area (Å²) in [6.45, 7) is 5.30. The lowest BCUT2D eigenvalue weighted by atomic mass is 9.43. The normalized spacial score (nSPS) is 54.3. The maximum atomic E-state index is 17.1. The lowest BCUT2D eigenvalue weighted by Crippen LogP contribution is -2.71. The summed E-state index contributed by atoms with van der Waals surface area (Å²) in [5, 5.41) is 21.6. The van der Waals surface area contributed by atoms with Crippen LogP contribution in [0.15, 0.2) is 11.6 Å². The van der Waals surface area contributed by atoms with Crippen molar-refractivity contribution in [3.8, 4) is 0 Å². The molecule has 0 aromatic rings. The van der Waals surface area contributed by atoms with Crippen molar-refractivity contribution >= 4 is 11.8 Å². The Hall–Kier alpha value is -1.38. The number of aliphatic hydroxyl groups is 1. The first-order valence-electron chi connectivity index (χ1n) is 11.8. The topological polar surface area (TPSA) is 93.1 Å². The second kappa shape index (κ2) is 6.83. The molecule has 0 amide bonds. The predicted octanol–water partition coefficient (Wildman–Crippen LogP) is 3.50. The third-order valence-electron chi connectivity index (χ3n) is 9.66. The molecule has 178 valence electrons. The van der Waals surface area contributed by atoms with Gasteiger partial charge in [0.1, 0.15) is 17.9 Å². The van der Waals surface area contributed by atoms with Gasteiger partial charge in [0, 0.05) is 23.2 Å². The fraction of sp³-hybridized carbons (Fsp3) is 0.833. The van der Waals surface area contributed by atoms with E-state index in [0.29, 0.717) is 6.42 Å². The number of ether oxygens (including phenoxy) is 2. The quantitative estimate of drug-likeness (QED) is 0.678. The molecule has 4 aliphatic carbocycles. The molecule has 10 atom stereocenters. The zero-order valence-electron chi connectivity index (χ0n) is 18.8. The average molecular weight is 455 g/mol. The van der Waals surface area contributed by atoms with Crippen molar-refractivity contribution in [1.82, 2.24) is 0 Å². The van der Waals surface area contributed by atoms with E-state index in [-0.39, 0.29) is 43.5 Å². The lowest BCUT2D eigenvalue weighted by Gasteiger charge is -2.63. The van der Waals surface area contributed by atoms with Crippen molar-refractivity contribution in [2.75, 3.05) is 0 Å². The molecule has 1 heterocycles. The molecule has 8 heteroatoms. The van der Waals surface area contributed by atoms with Crippen LogP contribution in [0.2, 0.25) is 0 Å². The Balaban J connectivity index is 1.61. The third-order valence-corrected chi connectivity index (χ3v) is 9.66. The maximum Gasteiger partial charge on any atom is 0.339 e. The molecule has 0 bridgehead atoms. The second-order valence-electron chi connectivity index (χ2n) is 11.0. The van der Waals surface area contributed by atoms with E-state index in [4.69, 9.17) is 9.47 Å². The van der Waals surface area contributed by atoms with Gasteiger partial charge < -0.3 is 19.7 Å². The standard InChI is InChI=1S/C24H32F2O6/c1-4-5-19-31-18-10-13-14-9-16(25)15-8-12(27)6-7-21(15,2)23(14,26)17(28)11-22(13,3)24(18,32-19)20(29)30/h8,13-14,16-19,28H,4-7,9-11H2,1-3H3,(H,29,30)/t13-,14-,16-,17-,18+,19+,21-,22-,23-,24-/m0/s1. The number of carboxylic acids is 1. The van der Waals surface area contributed by atoms with Crippen molar-refractivity contribution in [3.63, 3.8) is 0 Å². The molecule has 5 rings (SSSR count). The van der Waals surface area contributed by atoms with Crippen LogP contribution < -0.4 is 0 Å². The van der Waals surface area contributed by atoms with Gasteiger partial charge in [-0.2, -0.15) is 0 Å². The number of ketones is 1. The van der Waals surface area contributed by atoms with Gasteiger partial charge in [0.2, 0.25) is 0 Å². The Morgan fingerprint density at radius 3 is 2.66 bits per heavy atom. The van der Waals surface area contributed by atoms with Gasteiger partial charge in [-0.25, -0.2) is 13.6 Å². The fourth-order valence-electron chi connectivity index (χ4n) is 8.11. The molecule has 0 unspecified atom stereocenters. The molecular formula is C24H32F2O6. The van der Waals surface area contributed by atoms with E-state index < -0.39 is 64.6 Å². The fourth-order valence-corrected chi connectivity index (χ4v) is 8.11. The predicted molar refractivity (Wildman–Crippen MR) is 109 cm³/mol. The molecule has 0 spiro atoms. The molecule has 32 heavy (non-hydrogen) atoms. The molecule has 1 saturated heterocycles. The Bertz CT molecular complexity index is 892. The largest absolute Gasteiger partial charge is 0.479 e. The zero-order chi connectivity index (χ0) is 23.3. The van der Waals surface area contributed by atoms with Gasteiger partial charge in [0.25, 0.3) is 0 Å². The Labute approximate surface area is 186 Å². The molecule has 0 aromatic heterocycles. The second-order valence-corrected chi connectivity index (χ2v) is 11.0. The van der Waals surface area contributed by atoms with E-state index in [0.717, 1.165) is 6.42 Å². The molecule has 5 aliphatic rings. The van der Waals surface area contributed by atoms with Crippen molar-refractivity contribution in [2.24, 2.45) is 22.7 Å². The summed E-state index contributed by atoms with van der Waals surface area (Å²) in [6.07, 6.45) is -1.77. The SMILES string of the molecule is CCC[C@@H]1O[C@@H]2C[C@H]3[C@@H]4C[C@H](F)C5=CC(=O)CC[C@]5(C)[C@@]4(F)[C@@H](O)C[C@]3(C)[C@]2(C(=O)O)O1. The maximum absolute atomic E-state index is 17.1. The van der Waals surface area contributed by atoms with Gasteiger partial charge in [0.15, 0.2) is 17.7 Å². The first-order chi connectivity index (χ1) is 15.0. The van der Waals surface area contributed by atoms with E-state index >= 15 is 8.78 Å². The number of allylic oxidation sites excluding steroid dienone is 1. The number of carbonyl (C=O) groups excluding carboxylic acids is 1. The van der Waals surface area contributed by atoms with Crippen LogP contribution in [0, 0.1) is 22.7 Å². The molecule has 1 aliphatic heterocycles. The lowest BCUT2D eigenvalue weighted by molar-refractivity contribution is -0.246. The van der Waals surface area contributed by atoms with E-state index in [1.54, 1.807) is 13.8 Å². The Kier molecular flexibility index (Phi) is 4.78. The number of alkyl halides is 2. The van der Waals surface area contributed by atoms with Gasteiger partial charge in [-0.1, -0.05) is 27.2 Å². The van der Waals surface area contributed by atoms with E-state index in [9.17, 15) is 19.8 Å². The third kappa shape index (κ3) is 2.39. The number of hydrogen-bond acceptors (Lipinski definition) is 5. The number of fused-ring (bicyclic) bond motifs is 7. The van der Waals surface area contributed by atoms with Crippen LogP contribution >= 0.6 is 0 Å². The summed E-state index contributed by atoms with van der Waals surface area (Å²) in [6, 6.07) is 0. The summed E-state index contributed by atoms with van der Waals surface area (Å²) in [7, 11) is 0. The van der Waals surface area contributed by atoms with Crippen LogP contribution in [0.5, 0.6) is 0 Å². The van der Waals surface area contributed by atoms with Crippen LogP contribution in [0.3, 0.4) is 0 Å². The highest BCUT2D eigenvalue weighted by Gasteiger charge is 2.80. The highest BCUT2D eigenvalue weighted by atomic mass is 19.1. The van der Waals surface area contributed by atoms with Crippen LogP contribution in [0.1, 0.15) is 65.7 Å². The first kappa shape index (κ1) is 22.4. The number of hydrogen-bond donors (Lipinski definition) is 2. The number of aliphatic carboxylic acids is 1. The van der Waals surface area contributed by atoms with Crippen LogP contribution in [0.4, 0.5) is 8.78 Å². The van der Waals surface area contributed by atoms with Crippen LogP contribution in [-0.2, 0) is 19.1 Å². The summed E-state index contributed by atoms with van der Waals surface area (Å²) >= 11 is 0. The molecule has 2 N–H and O–H groups in total. The number of rotatable bonds is 3. The van der Waals surface area contributed by atoms with Crippen molar-refractivity contribution in [3.05, 3.63) is 11.6 Å². The van der Waals surface area contributed by atoms with E-state index in [1.807, 2.05) is 6.92 Å². The number of carbonyl (C=O) groups is 2. The Morgan fingerprint density at radius 1 is 1.28 bits per heavy atom. The van der Waals surface area contributed by atoms with Crippen molar-refractivity contribution in [1.29, 1.82) is 0 Å². The molecule has 3 saturated carbocycles. The van der Waals surface area contributed by atoms with Gasteiger partial charge >= 0.3 is 5.97 Å². The van der Waals surface area contributed by atoms with Gasteiger partial charge in [-0.3, -0.25) is 4.79 Å². The van der Waals surface area contributed by atoms with Gasteiger partial charge in [-0.15, -0.1) is 0 Å². The summed E-state index contributed by atoms with van der Waals surface area (Å²) in [5.74, 6) is -2.83. The molecular weight excluding hydrogens is 422 g/mol. The molecule has 4 fully saturated rings. The minimum Gasteiger partial charge on any atom is -0.479 e. The zero-order valence-corrected chi connectivity index (χ0v) is 18.8. The van der Waals surface area contributed by atoms with Crippen molar-refractivity contribution < 1.29 is 38.1 Å². The van der Waals surface area contributed by atoms with Crippen LogP contribution in [-0.4, -0.2) is 57.9 Å². The van der Waals surface area contributed by atoms with Crippen LogP contribution in [0.25, 0.3) is 0 Å². The summed E-state index contributed by atoms with van der Waals surface area (Å²) < 4.78 is 44.7. The molecule has 0 radical (unpaired) electrons. The van der Waals surface area contributed by atoms with E-state index in [2.05, 4.69) is 0 Å². The monoisotopic (exact) mass is 454 g/mol. The summed E-state index contributed by atoms with van der Waals surface area (Å²) in [5.41, 5.74) is -6.16. The van der Waals surface area contributed by atoms with Crippen molar-refractivity contribution in [2.45, 2.75) is 102 Å². The molecule has 0 aromatic carbocycles.